The first-order valence-electron chi connectivity index (χ1n) is 4.66. The molecule has 1 aromatic carbocycles. The molecule has 0 bridgehead atoms. The number of rotatable bonds is 4. The van der Waals surface area contributed by atoms with Crippen molar-refractivity contribution in [2.75, 3.05) is 6.54 Å². The Morgan fingerprint density at radius 2 is 1.94 bits per heavy atom. The van der Waals surface area contributed by atoms with Crippen molar-refractivity contribution in [2.45, 2.75) is 19.2 Å². The molecular formula is C10H11F4NO. The molecule has 1 rings (SSSR count). The average Bonchev–Trinajstić information content (AvgIpc) is 2.17. The minimum Gasteiger partial charge on any atom is -0.406 e. The Morgan fingerprint density at radius 1 is 1.25 bits per heavy atom. The predicted molar refractivity (Wildman–Crippen MR) is 50.5 cm³/mol. The Kier molecular flexibility index (Phi) is 4.12. The Labute approximate surface area is 90.0 Å². The molecule has 0 aliphatic rings. The van der Waals surface area contributed by atoms with Gasteiger partial charge in [0.05, 0.1) is 0 Å². The van der Waals surface area contributed by atoms with Gasteiger partial charge in [0, 0.05) is 0 Å². The predicted octanol–water partition coefficient (Wildman–Crippen LogP) is 2.62. The molecule has 0 aromatic heterocycles. The number of benzene rings is 1. The number of halogens is 4. The first-order valence-corrected chi connectivity index (χ1v) is 4.66. The van der Waals surface area contributed by atoms with E-state index in [0.717, 1.165) is 18.2 Å². The van der Waals surface area contributed by atoms with E-state index in [1.165, 1.54) is 0 Å². The fourth-order valence-corrected chi connectivity index (χ4v) is 1.23. The van der Waals surface area contributed by atoms with E-state index in [-0.39, 0.29) is 12.0 Å². The molecule has 0 saturated heterocycles. The van der Waals surface area contributed by atoms with Crippen LogP contribution in [0.4, 0.5) is 17.6 Å². The second kappa shape index (κ2) is 5.16. The number of hydrogen-bond acceptors (Lipinski definition) is 2. The third kappa shape index (κ3) is 4.06. The minimum atomic E-state index is -4.76. The highest BCUT2D eigenvalue weighted by Crippen LogP contribution is 2.25. The van der Waals surface area contributed by atoms with Gasteiger partial charge in [0.1, 0.15) is 11.6 Å². The molecule has 2 nitrogen and oxygen atoms in total. The fourth-order valence-electron chi connectivity index (χ4n) is 1.23. The van der Waals surface area contributed by atoms with Gasteiger partial charge in [-0.05, 0) is 43.1 Å². The van der Waals surface area contributed by atoms with Gasteiger partial charge in [-0.15, -0.1) is 13.2 Å². The van der Waals surface area contributed by atoms with Crippen molar-refractivity contribution in [1.29, 1.82) is 0 Å². The summed E-state index contributed by atoms with van der Waals surface area (Å²) < 4.78 is 52.5. The largest absolute Gasteiger partial charge is 0.573 e. The molecule has 6 heteroatoms. The maximum Gasteiger partial charge on any atom is 0.573 e. The lowest BCUT2D eigenvalue weighted by Crippen LogP contribution is -2.17. The highest BCUT2D eigenvalue weighted by Gasteiger charge is 2.31. The average molecular weight is 237 g/mol. The molecule has 0 spiro atoms. The van der Waals surface area contributed by atoms with Crippen LogP contribution in [0.15, 0.2) is 18.2 Å². The molecule has 0 saturated carbocycles. The Morgan fingerprint density at radius 3 is 2.50 bits per heavy atom. The van der Waals surface area contributed by atoms with E-state index in [4.69, 9.17) is 5.73 Å². The zero-order valence-corrected chi connectivity index (χ0v) is 8.35. The number of ether oxygens (including phenoxy) is 1. The molecule has 16 heavy (non-hydrogen) atoms. The third-order valence-electron chi connectivity index (χ3n) is 1.90. The van der Waals surface area contributed by atoms with Crippen LogP contribution in [0.1, 0.15) is 12.0 Å². The molecule has 0 atom stereocenters. The van der Waals surface area contributed by atoms with E-state index in [9.17, 15) is 17.6 Å². The topological polar surface area (TPSA) is 35.2 Å². The van der Waals surface area contributed by atoms with Crippen molar-refractivity contribution >= 4 is 0 Å². The van der Waals surface area contributed by atoms with Gasteiger partial charge < -0.3 is 10.5 Å². The monoisotopic (exact) mass is 237 g/mol. The maximum absolute atomic E-state index is 13.1. The van der Waals surface area contributed by atoms with Gasteiger partial charge in [0.2, 0.25) is 0 Å². The van der Waals surface area contributed by atoms with Gasteiger partial charge in [-0.25, -0.2) is 4.39 Å². The van der Waals surface area contributed by atoms with Gasteiger partial charge in [0.25, 0.3) is 0 Å². The van der Waals surface area contributed by atoms with Crippen LogP contribution < -0.4 is 10.5 Å². The van der Waals surface area contributed by atoms with Crippen molar-refractivity contribution in [3.05, 3.63) is 29.6 Å². The summed E-state index contributed by atoms with van der Waals surface area (Å²) in [4.78, 5) is 0. The third-order valence-corrected chi connectivity index (χ3v) is 1.90. The van der Waals surface area contributed by atoms with Crippen molar-refractivity contribution < 1.29 is 22.3 Å². The highest BCUT2D eigenvalue weighted by atomic mass is 19.4. The Bertz CT molecular complexity index is 351. The zero-order valence-electron chi connectivity index (χ0n) is 8.35. The molecule has 0 unspecified atom stereocenters. The van der Waals surface area contributed by atoms with Gasteiger partial charge in [0.15, 0.2) is 0 Å². The molecule has 0 aliphatic carbocycles. The van der Waals surface area contributed by atoms with E-state index in [2.05, 4.69) is 4.74 Å². The van der Waals surface area contributed by atoms with Crippen molar-refractivity contribution in [2.24, 2.45) is 5.73 Å². The van der Waals surface area contributed by atoms with E-state index < -0.39 is 17.9 Å². The second-order valence-electron chi connectivity index (χ2n) is 3.19. The summed E-state index contributed by atoms with van der Waals surface area (Å²) in [6.45, 7) is 0.351. The molecule has 0 radical (unpaired) electrons. The zero-order chi connectivity index (χ0) is 12.2. The Hall–Kier alpha value is -1.30. The Balaban J connectivity index is 2.81. The van der Waals surface area contributed by atoms with E-state index in [1.807, 2.05) is 0 Å². The standard InChI is InChI=1S/C10H11F4NO/c11-9-4-3-8(16-10(12,13)14)6-7(9)2-1-5-15/h3-4,6H,1-2,5,15H2. The van der Waals surface area contributed by atoms with Crippen LogP contribution in [0.5, 0.6) is 5.75 Å². The smallest absolute Gasteiger partial charge is 0.406 e. The second-order valence-corrected chi connectivity index (χ2v) is 3.19. The number of aryl methyl sites for hydroxylation is 1. The lowest BCUT2D eigenvalue weighted by Gasteiger charge is -2.10. The summed E-state index contributed by atoms with van der Waals surface area (Å²) in [5.74, 6) is -0.969. The van der Waals surface area contributed by atoms with Crippen LogP contribution in [0, 0.1) is 5.82 Å². The quantitative estimate of drug-likeness (QED) is 0.817. The maximum atomic E-state index is 13.1. The van der Waals surface area contributed by atoms with Crippen LogP contribution >= 0.6 is 0 Å². The van der Waals surface area contributed by atoms with Gasteiger partial charge >= 0.3 is 6.36 Å². The first-order chi connectivity index (χ1) is 7.42. The van der Waals surface area contributed by atoms with Gasteiger partial charge in [-0.3, -0.25) is 0 Å². The summed E-state index contributed by atoms with van der Waals surface area (Å²) >= 11 is 0. The summed E-state index contributed by atoms with van der Waals surface area (Å²) in [7, 11) is 0. The lowest BCUT2D eigenvalue weighted by molar-refractivity contribution is -0.274. The van der Waals surface area contributed by atoms with Crippen LogP contribution in [0.25, 0.3) is 0 Å². The fraction of sp³-hybridized carbons (Fsp3) is 0.400. The van der Waals surface area contributed by atoms with Crippen molar-refractivity contribution in [3.63, 3.8) is 0 Å². The van der Waals surface area contributed by atoms with Crippen molar-refractivity contribution in [3.8, 4) is 5.75 Å². The lowest BCUT2D eigenvalue weighted by atomic mass is 10.1. The van der Waals surface area contributed by atoms with E-state index >= 15 is 0 Å². The van der Waals surface area contributed by atoms with Crippen LogP contribution in [0.3, 0.4) is 0 Å². The van der Waals surface area contributed by atoms with Crippen molar-refractivity contribution in [1.82, 2.24) is 0 Å². The van der Waals surface area contributed by atoms with E-state index in [0.29, 0.717) is 13.0 Å². The van der Waals surface area contributed by atoms with Crippen LogP contribution in [-0.4, -0.2) is 12.9 Å². The SMILES string of the molecule is NCCCc1cc(OC(F)(F)F)ccc1F. The summed E-state index contributed by atoms with van der Waals surface area (Å²) in [6.07, 6.45) is -3.97. The normalized spacial score (nSPS) is 11.6. The summed E-state index contributed by atoms with van der Waals surface area (Å²) in [5.41, 5.74) is 5.41. The molecule has 90 valence electrons. The van der Waals surface area contributed by atoms with Crippen LogP contribution in [0.2, 0.25) is 0 Å². The highest BCUT2D eigenvalue weighted by molar-refractivity contribution is 5.30. The molecule has 0 heterocycles. The van der Waals surface area contributed by atoms with Gasteiger partial charge in [-0.2, -0.15) is 0 Å². The molecular weight excluding hydrogens is 226 g/mol. The summed E-state index contributed by atoms with van der Waals surface area (Å²) in [5, 5.41) is 0. The van der Waals surface area contributed by atoms with Gasteiger partial charge in [-0.1, -0.05) is 0 Å². The molecule has 1 aromatic rings. The number of alkyl halides is 3. The van der Waals surface area contributed by atoms with E-state index in [1.54, 1.807) is 0 Å². The number of hydrogen-bond donors (Lipinski definition) is 1. The minimum absolute atomic E-state index is 0.173. The molecule has 2 N–H and O–H groups in total. The number of nitrogens with two attached hydrogens (primary N) is 1. The molecule has 0 fully saturated rings. The first kappa shape index (κ1) is 12.8. The molecule has 0 amide bonds. The molecule has 0 aliphatic heterocycles. The van der Waals surface area contributed by atoms with Crippen LogP contribution in [-0.2, 0) is 6.42 Å². The summed E-state index contributed by atoms with van der Waals surface area (Å²) in [6, 6.07) is 2.93.